The van der Waals surface area contributed by atoms with Gasteiger partial charge in [0.25, 0.3) is 0 Å². The van der Waals surface area contributed by atoms with E-state index in [4.69, 9.17) is 18.9 Å². The average molecular weight is 733 g/mol. The predicted octanol–water partition coefficient (Wildman–Crippen LogP) is 4.36. The van der Waals surface area contributed by atoms with E-state index in [0.717, 1.165) is 12.0 Å². The fraction of sp³-hybridized carbons (Fsp3) is 0.718. The van der Waals surface area contributed by atoms with Crippen LogP contribution in [0.25, 0.3) is 0 Å². The third-order valence-electron chi connectivity index (χ3n) is 9.95. The third kappa shape index (κ3) is 12.5. The van der Waals surface area contributed by atoms with Crippen LogP contribution < -0.4 is 10.6 Å². The number of hydrogen-bond acceptors (Lipinski definition) is 9. The number of rotatable bonds is 18. The molecule has 0 unspecified atom stereocenters. The number of nitrogens with one attached hydrogen (secondary N) is 2. The Morgan fingerprint density at radius 2 is 1.60 bits per heavy atom. The summed E-state index contributed by atoms with van der Waals surface area (Å²) in [6, 6.07) is 6.72. The number of carbonyl (C=O) groups excluding carboxylic acids is 5. The van der Waals surface area contributed by atoms with Crippen LogP contribution in [0.5, 0.6) is 0 Å². The van der Waals surface area contributed by atoms with E-state index in [1.54, 1.807) is 44.5 Å². The maximum absolute atomic E-state index is 14.1. The first-order valence-corrected chi connectivity index (χ1v) is 18.4. The van der Waals surface area contributed by atoms with Gasteiger partial charge in [-0.25, -0.2) is 9.59 Å². The van der Waals surface area contributed by atoms with Gasteiger partial charge in [0.1, 0.15) is 17.7 Å². The summed E-state index contributed by atoms with van der Waals surface area (Å²) in [7, 11) is 6.02. The van der Waals surface area contributed by atoms with Crippen molar-refractivity contribution in [1.29, 1.82) is 0 Å². The van der Waals surface area contributed by atoms with Gasteiger partial charge >= 0.3 is 12.1 Å². The monoisotopic (exact) mass is 732 g/mol. The Labute approximate surface area is 310 Å². The SMILES string of the molecule is CC[C@H](C)[C@@H]([C@@H](CC(=O)N1CCC[C@H]1[C@H](OC)[C@@H](C)C(=O)N[C@@H](Cc1ccccc1)C(=O)OC)OC)N(C)C(=O)[C@@H](NC(=O)OC(C)(C)C)C(C)C. The minimum Gasteiger partial charge on any atom is -0.467 e. The number of hydrogen-bond donors (Lipinski definition) is 2. The smallest absolute Gasteiger partial charge is 0.408 e. The molecule has 1 saturated heterocycles. The molecule has 1 heterocycles. The second-order valence-corrected chi connectivity index (χ2v) is 15.2. The fourth-order valence-corrected chi connectivity index (χ4v) is 6.96. The Morgan fingerprint density at radius 1 is 0.962 bits per heavy atom. The van der Waals surface area contributed by atoms with E-state index in [1.807, 2.05) is 58.0 Å². The minimum atomic E-state index is -0.893. The third-order valence-corrected chi connectivity index (χ3v) is 9.95. The quantitative estimate of drug-likeness (QED) is 0.210. The maximum atomic E-state index is 14.1. The number of likely N-dealkylation sites (tertiary alicyclic amines) is 1. The van der Waals surface area contributed by atoms with Crippen molar-refractivity contribution < 1.29 is 42.9 Å². The molecular formula is C39H64N4O9. The molecule has 2 rings (SSSR count). The van der Waals surface area contributed by atoms with Gasteiger partial charge in [0.15, 0.2) is 0 Å². The average Bonchev–Trinajstić information content (AvgIpc) is 3.58. The van der Waals surface area contributed by atoms with Gasteiger partial charge in [-0.1, -0.05) is 71.4 Å². The van der Waals surface area contributed by atoms with Crippen molar-refractivity contribution in [3.05, 3.63) is 35.9 Å². The Kier molecular flexibility index (Phi) is 17.5. The molecule has 1 aliphatic heterocycles. The van der Waals surface area contributed by atoms with E-state index in [-0.39, 0.29) is 42.4 Å². The van der Waals surface area contributed by atoms with Gasteiger partial charge in [-0.2, -0.15) is 0 Å². The lowest BCUT2D eigenvalue weighted by molar-refractivity contribution is -0.148. The number of methoxy groups -OCH3 is 3. The van der Waals surface area contributed by atoms with Crippen LogP contribution in [0, 0.1) is 17.8 Å². The minimum absolute atomic E-state index is 0.00995. The van der Waals surface area contributed by atoms with Crippen molar-refractivity contribution in [3.63, 3.8) is 0 Å². The van der Waals surface area contributed by atoms with Crippen molar-refractivity contribution in [2.45, 2.75) is 129 Å². The van der Waals surface area contributed by atoms with Crippen LogP contribution in [-0.2, 0) is 44.5 Å². The fourth-order valence-electron chi connectivity index (χ4n) is 6.96. The Hall–Kier alpha value is -3.71. The zero-order chi connectivity index (χ0) is 39.3. The second-order valence-electron chi connectivity index (χ2n) is 15.2. The Morgan fingerprint density at radius 3 is 2.12 bits per heavy atom. The Balaban J connectivity index is 2.26. The summed E-state index contributed by atoms with van der Waals surface area (Å²) >= 11 is 0. The number of amides is 4. The summed E-state index contributed by atoms with van der Waals surface area (Å²) in [5.74, 6) is -2.42. The van der Waals surface area contributed by atoms with Gasteiger partial charge in [0, 0.05) is 34.2 Å². The van der Waals surface area contributed by atoms with Gasteiger partial charge in [0.2, 0.25) is 17.7 Å². The van der Waals surface area contributed by atoms with Crippen LogP contribution in [-0.4, -0.2) is 116 Å². The maximum Gasteiger partial charge on any atom is 0.408 e. The first-order chi connectivity index (χ1) is 24.4. The summed E-state index contributed by atoms with van der Waals surface area (Å²) in [6.45, 7) is 15.2. The largest absolute Gasteiger partial charge is 0.467 e. The van der Waals surface area contributed by atoms with E-state index >= 15 is 0 Å². The molecular weight excluding hydrogens is 668 g/mol. The van der Waals surface area contributed by atoms with Gasteiger partial charge in [0.05, 0.1) is 43.7 Å². The molecule has 0 aliphatic carbocycles. The molecule has 1 aromatic carbocycles. The van der Waals surface area contributed by atoms with Crippen molar-refractivity contribution in [3.8, 4) is 0 Å². The summed E-state index contributed by atoms with van der Waals surface area (Å²) < 4.78 is 22.3. The highest BCUT2D eigenvalue weighted by molar-refractivity contribution is 5.87. The predicted molar refractivity (Wildman–Crippen MR) is 198 cm³/mol. The molecule has 13 nitrogen and oxygen atoms in total. The van der Waals surface area contributed by atoms with Crippen molar-refractivity contribution >= 4 is 29.8 Å². The highest BCUT2D eigenvalue weighted by atomic mass is 16.6. The molecule has 0 saturated carbocycles. The molecule has 8 atom stereocenters. The lowest BCUT2D eigenvalue weighted by Gasteiger charge is -2.40. The summed E-state index contributed by atoms with van der Waals surface area (Å²) in [4.78, 5) is 70.4. The lowest BCUT2D eigenvalue weighted by atomic mass is 9.89. The molecule has 52 heavy (non-hydrogen) atoms. The molecule has 13 heteroatoms. The van der Waals surface area contributed by atoms with Gasteiger partial charge in [-0.05, 0) is 51.0 Å². The molecule has 0 bridgehead atoms. The molecule has 1 aliphatic rings. The number of carbonyl (C=O) groups is 5. The molecule has 0 radical (unpaired) electrons. The first kappa shape index (κ1) is 44.5. The number of likely N-dealkylation sites (N-methyl/N-ethyl adjacent to an activating group) is 1. The molecule has 1 fully saturated rings. The molecule has 0 spiro atoms. The van der Waals surface area contributed by atoms with Crippen molar-refractivity contribution in [2.24, 2.45) is 17.8 Å². The van der Waals surface area contributed by atoms with E-state index < -0.39 is 60.0 Å². The van der Waals surface area contributed by atoms with E-state index in [9.17, 15) is 24.0 Å². The number of benzene rings is 1. The van der Waals surface area contributed by atoms with Crippen LogP contribution in [0.1, 0.15) is 86.6 Å². The number of ether oxygens (including phenoxy) is 4. The second kappa shape index (κ2) is 20.5. The first-order valence-electron chi connectivity index (χ1n) is 18.4. The van der Waals surface area contributed by atoms with Crippen molar-refractivity contribution in [1.82, 2.24) is 20.4 Å². The summed E-state index contributed by atoms with van der Waals surface area (Å²) in [6.07, 6.45) is 0.326. The van der Waals surface area contributed by atoms with Crippen molar-refractivity contribution in [2.75, 3.05) is 34.9 Å². The van der Waals surface area contributed by atoms with Crippen LogP contribution in [0.15, 0.2) is 30.3 Å². The van der Waals surface area contributed by atoms with Gasteiger partial charge in [-0.15, -0.1) is 0 Å². The number of alkyl carbamates (subject to hydrolysis) is 1. The lowest BCUT2D eigenvalue weighted by Crippen LogP contribution is -2.58. The summed E-state index contributed by atoms with van der Waals surface area (Å²) in [5, 5.41) is 5.59. The van der Waals surface area contributed by atoms with E-state index in [1.165, 1.54) is 21.3 Å². The normalized spacial score (nSPS) is 18.7. The highest BCUT2D eigenvalue weighted by Gasteiger charge is 2.43. The van der Waals surface area contributed by atoms with E-state index in [2.05, 4.69) is 10.6 Å². The molecule has 0 aromatic heterocycles. The van der Waals surface area contributed by atoms with Crippen LogP contribution in [0.4, 0.5) is 4.79 Å². The summed E-state index contributed by atoms with van der Waals surface area (Å²) in [5.41, 5.74) is 0.142. The Bertz CT molecular complexity index is 1320. The molecule has 2 N–H and O–H groups in total. The highest BCUT2D eigenvalue weighted by Crippen LogP contribution is 2.30. The molecule has 294 valence electrons. The number of nitrogens with zero attached hydrogens (tertiary/aromatic N) is 2. The molecule has 4 amide bonds. The topological polar surface area (TPSA) is 153 Å². The number of esters is 1. The zero-order valence-corrected chi connectivity index (χ0v) is 33.4. The van der Waals surface area contributed by atoms with E-state index in [0.29, 0.717) is 19.4 Å². The van der Waals surface area contributed by atoms with Crippen LogP contribution in [0.2, 0.25) is 0 Å². The van der Waals surface area contributed by atoms with Gasteiger partial charge in [-0.3, -0.25) is 14.4 Å². The van der Waals surface area contributed by atoms with Crippen LogP contribution in [0.3, 0.4) is 0 Å². The van der Waals surface area contributed by atoms with Gasteiger partial charge < -0.3 is 39.4 Å². The standard InChI is InChI=1S/C39H64N4O9/c1-13-25(4)33(42(9)36(46)32(24(2)3)41-38(48)52-39(6,7)8)30(49-10)23-31(44)43-21-17-20-29(43)34(50-11)26(5)35(45)40-28(37(47)51-12)22-27-18-15-14-16-19-27/h14-16,18-19,24-26,28-30,32-34H,13,17,20-23H2,1-12H3,(H,40,45)(H,41,48)/t25-,26+,28-,29-,30+,32-,33-,34+/m0/s1. The molecule has 1 aromatic rings. The van der Waals surface area contributed by atoms with Crippen LogP contribution >= 0.6 is 0 Å². The zero-order valence-electron chi connectivity index (χ0n) is 33.4.